The van der Waals surface area contributed by atoms with Crippen molar-refractivity contribution in [3.05, 3.63) is 66.9 Å². The van der Waals surface area contributed by atoms with Crippen LogP contribution in [-0.4, -0.2) is 57.6 Å². The Morgan fingerprint density at radius 1 is 1.17 bits per heavy atom. The molecule has 0 fully saturated rings. The topological polar surface area (TPSA) is 118 Å². The highest BCUT2D eigenvalue weighted by Crippen LogP contribution is 2.31. The maximum absolute atomic E-state index is 13.2. The lowest BCUT2D eigenvalue weighted by atomic mass is 10.1. The highest BCUT2D eigenvalue weighted by molar-refractivity contribution is 9.10. The fourth-order valence-electron chi connectivity index (χ4n) is 2.77. The van der Waals surface area contributed by atoms with Crippen LogP contribution in [0.25, 0.3) is 5.82 Å². The molecule has 10 nitrogen and oxygen atoms in total. The molecule has 0 unspecified atom stereocenters. The average molecular weight is 649 g/mol. The van der Waals surface area contributed by atoms with E-state index in [0.717, 1.165) is 0 Å². The Kier molecular flexibility index (Phi) is 9.25. The van der Waals surface area contributed by atoms with Crippen molar-refractivity contribution in [1.82, 2.24) is 25.1 Å². The van der Waals surface area contributed by atoms with Crippen molar-refractivity contribution in [2.45, 2.75) is 6.92 Å². The number of hydroxylamine groups is 1. The number of hydrogen-bond donors (Lipinski definition) is 2. The van der Waals surface area contributed by atoms with Crippen molar-refractivity contribution in [1.29, 1.82) is 0 Å². The third-order valence-electron chi connectivity index (χ3n) is 4.65. The molecule has 0 radical (unpaired) electrons. The summed E-state index contributed by atoms with van der Waals surface area (Å²) in [5, 5.41) is 7.43. The molecule has 0 spiro atoms. The summed E-state index contributed by atoms with van der Waals surface area (Å²) < 4.78 is 1.98. The van der Waals surface area contributed by atoms with E-state index in [0.29, 0.717) is 15.6 Å². The summed E-state index contributed by atoms with van der Waals surface area (Å²) in [5.41, 5.74) is 2.40. The molecule has 3 amide bonds. The quantitative estimate of drug-likeness (QED) is 0.348. The van der Waals surface area contributed by atoms with Crippen LogP contribution in [0.2, 0.25) is 10.0 Å². The number of halogens is 4. The SMILES string of the molecule is CCN(C)C(=O)CONC(=O)c1cc(Cl)cc(Br)c1NC(=O)c1cc(Br)nn1-c1ncccc1Cl. The Hall–Kier alpha value is -2.51. The van der Waals surface area contributed by atoms with E-state index in [9.17, 15) is 14.4 Å². The zero-order valence-corrected chi connectivity index (χ0v) is 23.0. The highest BCUT2D eigenvalue weighted by Gasteiger charge is 2.23. The first-order chi connectivity index (χ1) is 16.6. The van der Waals surface area contributed by atoms with Crippen LogP contribution >= 0.6 is 55.1 Å². The van der Waals surface area contributed by atoms with Gasteiger partial charge in [-0.05, 0) is 63.0 Å². The predicted octanol–water partition coefficient (Wildman–Crippen LogP) is 4.49. The number of pyridine rings is 1. The summed E-state index contributed by atoms with van der Waals surface area (Å²) in [6.45, 7) is 1.93. The largest absolute Gasteiger partial charge is 0.344 e. The predicted molar refractivity (Wildman–Crippen MR) is 138 cm³/mol. The van der Waals surface area contributed by atoms with E-state index in [2.05, 4.69) is 52.7 Å². The van der Waals surface area contributed by atoms with E-state index >= 15 is 0 Å². The lowest BCUT2D eigenvalue weighted by Crippen LogP contribution is -2.34. The van der Waals surface area contributed by atoms with Gasteiger partial charge in [0, 0.05) is 35.4 Å². The van der Waals surface area contributed by atoms with Gasteiger partial charge in [-0.25, -0.2) is 15.1 Å². The molecule has 0 bridgehead atoms. The average Bonchev–Trinajstić information content (AvgIpc) is 3.21. The normalized spacial score (nSPS) is 10.7. The van der Waals surface area contributed by atoms with E-state index in [-0.39, 0.29) is 45.3 Å². The van der Waals surface area contributed by atoms with Crippen LogP contribution in [0.1, 0.15) is 27.8 Å². The molecular weight excluding hydrogens is 631 g/mol. The number of anilines is 1. The number of nitrogens with zero attached hydrogens (tertiary/aromatic N) is 4. The van der Waals surface area contributed by atoms with Crippen LogP contribution in [0.3, 0.4) is 0 Å². The molecule has 2 N–H and O–H groups in total. The smallest absolute Gasteiger partial charge is 0.277 e. The van der Waals surface area contributed by atoms with E-state index in [1.54, 1.807) is 26.1 Å². The molecule has 0 saturated heterocycles. The monoisotopic (exact) mass is 646 g/mol. The molecule has 0 saturated carbocycles. The fraction of sp³-hybridized carbons (Fsp3) is 0.190. The van der Waals surface area contributed by atoms with Gasteiger partial charge in [-0.2, -0.15) is 5.10 Å². The van der Waals surface area contributed by atoms with Crippen molar-refractivity contribution in [2.75, 3.05) is 25.5 Å². The fourth-order valence-corrected chi connectivity index (χ4v) is 4.26. The van der Waals surface area contributed by atoms with Gasteiger partial charge >= 0.3 is 0 Å². The van der Waals surface area contributed by atoms with Gasteiger partial charge in [0.05, 0.1) is 16.3 Å². The Balaban J connectivity index is 1.87. The number of nitrogens with one attached hydrogen (secondary N) is 2. The zero-order valence-electron chi connectivity index (χ0n) is 18.3. The Morgan fingerprint density at radius 2 is 1.91 bits per heavy atom. The molecule has 35 heavy (non-hydrogen) atoms. The van der Waals surface area contributed by atoms with Crippen LogP contribution < -0.4 is 10.8 Å². The molecule has 2 heterocycles. The molecule has 0 aliphatic carbocycles. The molecule has 3 aromatic rings. The number of hydrogen-bond acceptors (Lipinski definition) is 6. The van der Waals surface area contributed by atoms with Crippen LogP contribution in [0.15, 0.2) is 45.6 Å². The molecule has 0 aliphatic heterocycles. The summed E-state index contributed by atoms with van der Waals surface area (Å²) >= 11 is 18.9. The van der Waals surface area contributed by atoms with Gasteiger partial charge in [0.25, 0.3) is 17.7 Å². The molecule has 14 heteroatoms. The lowest BCUT2D eigenvalue weighted by molar-refractivity contribution is -0.136. The van der Waals surface area contributed by atoms with E-state index in [4.69, 9.17) is 28.0 Å². The second-order valence-electron chi connectivity index (χ2n) is 6.97. The zero-order chi connectivity index (χ0) is 25.7. The van der Waals surface area contributed by atoms with Gasteiger partial charge in [-0.1, -0.05) is 23.2 Å². The molecule has 3 rings (SSSR count). The van der Waals surface area contributed by atoms with Crippen LogP contribution in [-0.2, 0) is 9.63 Å². The van der Waals surface area contributed by atoms with Gasteiger partial charge < -0.3 is 10.2 Å². The van der Waals surface area contributed by atoms with E-state index < -0.39 is 11.8 Å². The second-order valence-corrected chi connectivity index (χ2v) is 9.48. The minimum atomic E-state index is -0.724. The first-order valence-electron chi connectivity index (χ1n) is 9.95. The molecule has 184 valence electrons. The maximum Gasteiger partial charge on any atom is 0.277 e. The van der Waals surface area contributed by atoms with Crippen LogP contribution in [0, 0.1) is 0 Å². The lowest BCUT2D eigenvalue weighted by Gasteiger charge is -2.16. The first-order valence-corrected chi connectivity index (χ1v) is 12.3. The third-order valence-corrected chi connectivity index (χ3v) is 6.18. The molecule has 0 atom stereocenters. The molecular formula is C21H18Br2Cl2N6O4. The van der Waals surface area contributed by atoms with Crippen molar-refractivity contribution in [3.8, 4) is 5.82 Å². The van der Waals surface area contributed by atoms with Gasteiger partial charge in [-0.15, -0.1) is 0 Å². The highest BCUT2D eigenvalue weighted by atomic mass is 79.9. The van der Waals surface area contributed by atoms with Gasteiger partial charge in [0.15, 0.2) is 12.4 Å². The van der Waals surface area contributed by atoms with Crippen LogP contribution in [0.5, 0.6) is 0 Å². The molecule has 0 aliphatic rings. The first kappa shape index (κ1) is 27.1. The van der Waals surface area contributed by atoms with Crippen molar-refractivity contribution in [2.24, 2.45) is 0 Å². The number of carbonyl (C=O) groups excluding carboxylic acids is 3. The summed E-state index contributed by atoms with van der Waals surface area (Å²) in [5.74, 6) is -1.41. The van der Waals surface area contributed by atoms with E-state index in [1.165, 1.54) is 34.0 Å². The van der Waals surface area contributed by atoms with Crippen molar-refractivity contribution < 1.29 is 19.2 Å². The number of amides is 3. The Bertz CT molecular complexity index is 1290. The number of aromatic nitrogens is 3. The number of carbonyl (C=O) groups is 3. The Labute approximate surface area is 227 Å². The van der Waals surface area contributed by atoms with Crippen LogP contribution in [0.4, 0.5) is 5.69 Å². The number of rotatable bonds is 8. The summed E-state index contributed by atoms with van der Waals surface area (Å²) in [6, 6.07) is 7.60. The summed E-state index contributed by atoms with van der Waals surface area (Å²) in [7, 11) is 1.61. The van der Waals surface area contributed by atoms with Gasteiger partial charge in [0.2, 0.25) is 0 Å². The number of benzene rings is 1. The van der Waals surface area contributed by atoms with Gasteiger partial charge in [0.1, 0.15) is 10.3 Å². The maximum atomic E-state index is 13.2. The second kappa shape index (κ2) is 12.0. The molecule has 2 aromatic heterocycles. The van der Waals surface area contributed by atoms with Gasteiger partial charge in [-0.3, -0.25) is 19.2 Å². The Morgan fingerprint density at radius 3 is 2.60 bits per heavy atom. The van der Waals surface area contributed by atoms with Crippen molar-refractivity contribution >= 4 is 78.5 Å². The summed E-state index contributed by atoms with van der Waals surface area (Å²) in [6.07, 6.45) is 1.51. The standard InChI is InChI=1S/C21H18Br2Cl2N6O4/c1-3-30(2)17(32)10-35-29-20(33)12-7-11(24)8-13(22)18(12)27-21(34)15-9-16(23)28-31(15)19-14(25)5-4-6-26-19/h4-9H,3,10H2,1-2H3,(H,27,34)(H,29,33). The summed E-state index contributed by atoms with van der Waals surface area (Å²) in [4.78, 5) is 48.6. The van der Waals surface area contributed by atoms with Crippen molar-refractivity contribution in [3.63, 3.8) is 0 Å². The number of likely N-dealkylation sites (N-methyl/N-ethyl adjacent to an activating group) is 1. The van der Waals surface area contributed by atoms with E-state index in [1.807, 2.05) is 0 Å². The minimum Gasteiger partial charge on any atom is -0.344 e. The minimum absolute atomic E-state index is 0.00461. The molecule has 1 aromatic carbocycles. The third kappa shape index (κ3) is 6.58.